The predicted octanol–water partition coefficient (Wildman–Crippen LogP) is 2.70. The van der Waals surface area contributed by atoms with Gasteiger partial charge in [-0.15, -0.1) is 0 Å². The van der Waals surface area contributed by atoms with Crippen molar-refractivity contribution in [2.24, 2.45) is 0 Å². The summed E-state index contributed by atoms with van der Waals surface area (Å²) in [5.74, 6) is 1.23. The lowest BCUT2D eigenvalue weighted by molar-refractivity contribution is -0.105. The molecule has 9 heteroatoms. The van der Waals surface area contributed by atoms with E-state index in [9.17, 15) is 4.79 Å². The molecule has 1 amide bonds. The van der Waals surface area contributed by atoms with Crippen LogP contribution in [-0.4, -0.2) is 66.1 Å². The van der Waals surface area contributed by atoms with Gasteiger partial charge in [0.2, 0.25) is 12.4 Å². The second-order valence-corrected chi connectivity index (χ2v) is 8.34. The number of hydrogen-bond acceptors (Lipinski definition) is 7. The van der Waals surface area contributed by atoms with Gasteiger partial charge in [-0.25, -0.2) is 0 Å². The zero-order valence-electron chi connectivity index (χ0n) is 20.5. The van der Waals surface area contributed by atoms with Gasteiger partial charge < -0.3 is 25.0 Å². The molecule has 0 unspecified atom stereocenters. The first-order chi connectivity index (χ1) is 16.9. The predicted molar refractivity (Wildman–Crippen MR) is 139 cm³/mol. The molecule has 4 rings (SSSR count). The summed E-state index contributed by atoms with van der Waals surface area (Å²) in [5, 5.41) is 15.0. The second kappa shape index (κ2) is 12.3. The lowest BCUT2D eigenvalue weighted by Crippen LogP contribution is -2.44. The van der Waals surface area contributed by atoms with Gasteiger partial charge in [0.05, 0.1) is 23.5 Å². The number of nitrogens with one attached hydrogen (secondary N) is 2. The van der Waals surface area contributed by atoms with Crippen molar-refractivity contribution in [2.45, 2.75) is 13.5 Å². The first-order valence-electron chi connectivity index (χ1n) is 11.4. The van der Waals surface area contributed by atoms with E-state index in [4.69, 9.17) is 10.2 Å². The zero-order chi connectivity index (χ0) is 25.2. The highest BCUT2D eigenvalue weighted by Crippen LogP contribution is 2.30. The molecule has 2 aromatic heterocycles. The minimum Gasteiger partial charge on any atom is -0.376 e. The van der Waals surface area contributed by atoms with Gasteiger partial charge in [0.25, 0.3) is 0 Å². The summed E-state index contributed by atoms with van der Waals surface area (Å²) in [6.07, 6.45) is 2.18. The SMILES string of the molecule is C=C(c1c(NC=O)nc(N2CCNCC2)n1Cc1ccc(C#N)cn1)N(C)C.Cc1ccccc1. The van der Waals surface area contributed by atoms with Gasteiger partial charge >= 0.3 is 0 Å². The van der Waals surface area contributed by atoms with Crippen LogP contribution in [0.2, 0.25) is 0 Å². The van der Waals surface area contributed by atoms with Crippen molar-refractivity contribution < 1.29 is 4.79 Å². The summed E-state index contributed by atoms with van der Waals surface area (Å²) < 4.78 is 2.02. The van der Waals surface area contributed by atoms with Crippen LogP contribution in [0.25, 0.3) is 5.70 Å². The lowest BCUT2D eigenvalue weighted by atomic mass is 10.2. The van der Waals surface area contributed by atoms with E-state index in [0.717, 1.165) is 49.2 Å². The molecule has 9 nitrogen and oxygen atoms in total. The highest BCUT2D eigenvalue weighted by Gasteiger charge is 2.25. The molecule has 0 spiro atoms. The quantitative estimate of drug-likeness (QED) is 0.510. The third-order valence-electron chi connectivity index (χ3n) is 5.57. The average Bonchev–Trinajstić information content (AvgIpc) is 3.23. The van der Waals surface area contributed by atoms with Gasteiger partial charge in [0, 0.05) is 46.5 Å². The minimum absolute atomic E-state index is 0.445. The molecule has 182 valence electrons. The Kier molecular flexibility index (Phi) is 8.98. The molecule has 0 aliphatic carbocycles. The summed E-state index contributed by atoms with van der Waals surface area (Å²) >= 11 is 0. The Labute approximate surface area is 206 Å². The van der Waals surface area contributed by atoms with E-state index in [1.807, 2.05) is 47.8 Å². The Hall–Kier alpha value is -4.16. The number of hydrogen-bond donors (Lipinski definition) is 2. The number of amides is 1. The number of rotatable bonds is 7. The number of aryl methyl sites for hydroxylation is 1. The van der Waals surface area contributed by atoms with Crippen LogP contribution in [0.3, 0.4) is 0 Å². The average molecular weight is 473 g/mol. The Morgan fingerprint density at radius 1 is 1.23 bits per heavy atom. The van der Waals surface area contributed by atoms with Crippen LogP contribution in [0, 0.1) is 18.3 Å². The molecule has 1 aliphatic heterocycles. The van der Waals surface area contributed by atoms with Crippen molar-refractivity contribution in [3.8, 4) is 6.07 Å². The fraction of sp³-hybridized carbons (Fsp3) is 0.308. The molecule has 0 radical (unpaired) electrons. The normalized spacial score (nSPS) is 12.7. The smallest absolute Gasteiger partial charge is 0.212 e. The van der Waals surface area contributed by atoms with Gasteiger partial charge in [0.15, 0.2) is 5.82 Å². The molecule has 3 aromatic rings. The maximum absolute atomic E-state index is 11.2. The molecular formula is C26H32N8O. The molecule has 1 saturated heterocycles. The molecule has 0 bridgehead atoms. The number of nitriles is 1. The fourth-order valence-corrected chi connectivity index (χ4v) is 3.64. The van der Waals surface area contributed by atoms with E-state index < -0.39 is 0 Å². The van der Waals surface area contributed by atoms with E-state index in [1.54, 1.807) is 12.3 Å². The van der Waals surface area contributed by atoms with Crippen molar-refractivity contribution in [1.82, 2.24) is 24.8 Å². The standard InChI is InChI=1S/C19H24N8O.C7H8/c1-14(25(2)3)17-18(23-13-28)24-19(26-8-6-21-7-9-26)27(17)12-16-5-4-15(10-20)11-22-16;1-7-5-3-2-4-6-7/h4-5,11,13,21H,1,6-9,12H2,2-3H3,(H,23,28);2-6H,1H3. The number of carbonyl (C=O) groups excluding carboxylic acids is 1. The number of aromatic nitrogens is 3. The van der Waals surface area contributed by atoms with Gasteiger partial charge in [-0.2, -0.15) is 10.2 Å². The molecule has 1 aromatic carbocycles. The molecule has 0 atom stereocenters. The maximum atomic E-state index is 11.2. The van der Waals surface area contributed by atoms with Crippen LogP contribution in [0.1, 0.15) is 22.5 Å². The number of pyridine rings is 1. The number of carbonyl (C=O) groups is 1. The molecule has 0 saturated carbocycles. The molecule has 1 fully saturated rings. The first kappa shape index (κ1) is 25.5. The van der Waals surface area contributed by atoms with Crippen LogP contribution >= 0.6 is 0 Å². The third-order valence-corrected chi connectivity index (χ3v) is 5.57. The third kappa shape index (κ3) is 6.68. The first-order valence-corrected chi connectivity index (χ1v) is 11.4. The maximum Gasteiger partial charge on any atom is 0.212 e. The monoisotopic (exact) mass is 472 g/mol. The topological polar surface area (TPSA) is 102 Å². The van der Waals surface area contributed by atoms with E-state index in [0.29, 0.717) is 24.3 Å². The van der Waals surface area contributed by atoms with Crippen molar-refractivity contribution >= 4 is 23.9 Å². The van der Waals surface area contributed by atoms with Crippen LogP contribution in [0.4, 0.5) is 11.8 Å². The van der Waals surface area contributed by atoms with Crippen molar-refractivity contribution in [1.29, 1.82) is 5.26 Å². The Bertz CT molecular complexity index is 1160. The van der Waals surface area contributed by atoms with Crippen LogP contribution in [-0.2, 0) is 11.3 Å². The summed E-state index contributed by atoms with van der Waals surface area (Å²) in [7, 11) is 3.80. The molecular weight excluding hydrogens is 440 g/mol. The van der Waals surface area contributed by atoms with E-state index in [1.165, 1.54) is 5.56 Å². The number of piperazine rings is 1. The van der Waals surface area contributed by atoms with E-state index >= 15 is 0 Å². The van der Waals surface area contributed by atoms with Crippen molar-refractivity contribution in [2.75, 3.05) is 50.5 Å². The second-order valence-electron chi connectivity index (χ2n) is 8.34. The van der Waals surface area contributed by atoms with Crippen LogP contribution in [0.5, 0.6) is 0 Å². The lowest BCUT2D eigenvalue weighted by Gasteiger charge is -2.29. The number of benzene rings is 1. The number of imidazole rings is 1. The summed E-state index contributed by atoms with van der Waals surface area (Å²) in [6.45, 7) is 10.0. The van der Waals surface area contributed by atoms with E-state index in [-0.39, 0.29) is 0 Å². The van der Waals surface area contributed by atoms with Gasteiger partial charge in [-0.3, -0.25) is 9.78 Å². The zero-order valence-corrected chi connectivity index (χ0v) is 20.5. The molecule has 1 aliphatic rings. The molecule has 3 heterocycles. The molecule has 35 heavy (non-hydrogen) atoms. The highest BCUT2D eigenvalue weighted by atomic mass is 16.1. The Morgan fingerprint density at radius 3 is 2.46 bits per heavy atom. The van der Waals surface area contributed by atoms with Crippen molar-refractivity contribution in [3.63, 3.8) is 0 Å². The summed E-state index contributed by atoms with van der Waals surface area (Å²) in [4.78, 5) is 24.3. The van der Waals surface area contributed by atoms with Crippen LogP contribution in [0.15, 0.2) is 55.2 Å². The largest absolute Gasteiger partial charge is 0.376 e. The number of anilines is 2. The summed E-state index contributed by atoms with van der Waals surface area (Å²) in [5.41, 5.74) is 4.09. The minimum atomic E-state index is 0.445. The van der Waals surface area contributed by atoms with Crippen molar-refractivity contribution in [3.05, 3.63) is 77.8 Å². The van der Waals surface area contributed by atoms with Gasteiger partial charge in [-0.05, 0) is 19.1 Å². The van der Waals surface area contributed by atoms with E-state index in [2.05, 4.69) is 52.2 Å². The summed E-state index contributed by atoms with van der Waals surface area (Å²) in [6, 6.07) is 15.9. The Balaban J connectivity index is 0.000000420. The number of nitrogens with zero attached hydrogens (tertiary/aromatic N) is 6. The van der Waals surface area contributed by atoms with Gasteiger partial charge in [-0.1, -0.05) is 42.5 Å². The molecule has 2 N–H and O–H groups in total. The fourth-order valence-electron chi connectivity index (χ4n) is 3.64. The van der Waals surface area contributed by atoms with Gasteiger partial charge in [0.1, 0.15) is 11.8 Å². The van der Waals surface area contributed by atoms with Crippen LogP contribution < -0.4 is 15.5 Å². The highest BCUT2D eigenvalue weighted by molar-refractivity contribution is 5.80. The Morgan fingerprint density at radius 2 is 1.94 bits per heavy atom.